The van der Waals surface area contributed by atoms with Gasteiger partial charge < -0.3 is 5.73 Å². The number of halogens is 1. The topological polar surface area (TPSA) is 42.1 Å². The van der Waals surface area contributed by atoms with Gasteiger partial charge in [0.05, 0.1) is 6.20 Å². The molecule has 2 aliphatic rings. The molecule has 1 saturated carbocycles. The van der Waals surface area contributed by atoms with Crippen molar-refractivity contribution in [1.29, 1.82) is 0 Å². The molecule has 104 valence electrons. The van der Waals surface area contributed by atoms with Gasteiger partial charge in [-0.15, -0.1) is 0 Å². The summed E-state index contributed by atoms with van der Waals surface area (Å²) in [6, 6.07) is 1.42. The maximum atomic E-state index is 13.4. The fourth-order valence-electron chi connectivity index (χ4n) is 3.88. The fraction of sp³-hybridized carbons (Fsp3) is 0.667. The van der Waals surface area contributed by atoms with E-state index in [1.165, 1.54) is 31.9 Å². The highest BCUT2D eigenvalue weighted by Crippen LogP contribution is 2.44. The molecule has 0 spiro atoms. The van der Waals surface area contributed by atoms with Crippen LogP contribution in [0.5, 0.6) is 0 Å². The second kappa shape index (κ2) is 5.17. The van der Waals surface area contributed by atoms with E-state index in [0.29, 0.717) is 0 Å². The highest BCUT2D eigenvalue weighted by Gasteiger charge is 2.45. The maximum Gasteiger partial charge on any atom is 0.141 e. The molecule has 2 fully saturated rings. The summed E-state index contributed by atoms with van der Waals surface area (Å²) in [7, 11) is 0. The summed E-state index contributed by atoms with van der Waals surface area (Å²) in [5.41, 5.74) is 7.41. The molecule has 0 amide bonds. The Morgan fingerprint density at radius 2 is 1.84 bits per heavy atom. The van der Waals surface area contributed by atoms with Crippen LogP contribution >= 0.6 is 0 Å². The van der Waals surface area contributed by atoms with Gasteiger partial charge in [-0.3, -0.25) is 9.88 Å². The number of hydrogen-bond donors (Lipinski definition) is 1. The minimum atomic E-state index is -0.289. The third-order valence-electron chi connectivity index (χ3n) is 4.87. The first-order valence-electron chi connectivity index (χ1n) is 7.33. The minimum absolute atomic E-state index is 0.0337. The largest absolute Gasteiger partial charge is 0.322 e. The van der Waals surface area contributed by atoms with Crippen LogP contribution in [0.3, 0.4) is 0 Å². The van der Waals surface area contributed by atoms with Gasteiger partial charge in [0.15, 0.2) is 0 Å². The van der Waals surface area contributed by atoms with Crippen molar-refractivity contribution < 1.29 is 4.39 Å². The smallest absolute Gasteiger partial charge is 0.141 e. The average molecular weight is 263 g/mol. The third-order valence-corrected chi connectivity index (χ3v) is 4.87. The van der Waals surface area contributed by atoms with E-state index >= 15 is 0 Å². The van der Waals surface area contributed by atoms with E-state index in [4.69, 9.17) is 5.73 Å². The van der Waals surface area contributed by atoms with Crippen molar-refractivity contribution in [2.75, 3.05) is 13.1 Å². The number of aromatic nitrogens is 1. The molecule has 2 heterocycles. The lowest BCUT2D eigenvalue weighted by Crippen LogP contribution is -2.52. The molecule has 4 heteroatoms. The summed E-state index contributed by atoms with van der Waals surface area (Å²) in [4.78, 5) is 6.51. The predicted octanol–water partition coefficient (Wildman–Crippen LogP) is 2.63. The van der Waals surface area contributed by atoms with Gasteiger partial charge in [0.1, 0.15) is 5.82 Å². The monoisotopic (exact) mass is 263 g/mol. The summed E-state index contributed by atoms with van der Waals surface area (Å²) < 4.78 is 13.4. The van der Waals surface area contributed by atoms with Gasteiger partial charge in [-0.25, -0.2) is 4.39 Å². The van der Waals surface area contributed by atoms with Crippen molar-refractivity contribution in [3.63, 3.8) is 0 Å². The predicted molar refractivity (Wildman–Crippen MR) is 73.1 cm³/mol. The summed E-state index contributed by atoms with van der Waals surface area (Å²) in [5.74, 6) is -0.289. The van der Waals surface area contributed by atoms with Gasteiger partial charge >= 0.3 is 0 Å². The van der Waals surface area contributed by atoms with Gasteiger partial charge in [0.2, 0.25) is 0 Å². The van der Waals surface area contributed by atoms with Gasteiger partial charge in [-0.2, -0.15) is 0 Å². The number of hydrogen-bond acceptors (Lipinski definition) is 3. The first-order chi connectivity index (χ1) is 9.22. The van der Waals surface area contributed by atoms with Crippen LogP contribution in [0.25, 0.3) is 0 Å². The van der Waals surface area contributed by atoms with Crippen LogP contribution in [0.4, 0.5) is 4.39 Å². The molecule has 0 radical (unpaired) electrons. The quantitative estimate of drug-likeness (QED) is 0.911. The molecule has 1 atom stereocenters. The molecule has 19 heavy (non-hydrogen) atoms. The van der Waals surface area contributed by atoms with Gasteiger partial charge in [0.25, 0.3) is 0 Å². The van der Waals surface area contributed by atoms with E-state index in [2.05, 4.69) is 9.88 Å². The molecular formula is C15H22FN3. The first kappa shape index (κ1) is 13.0. The highest BCUT2D eigenvalue weighted by molar-refractivity contribution is 5.21. The van der Waals surface area contributed by atoms with Crippen molar-refractivity contribution in [1.82, 2.24) is 9.88 Å². The van der Waals surface area contributed by atoms with Crippen LogP contribution in [0.15, 0.2) is 18.5 Å². The summed E-state index contributed by atoms with van der Waals surface area (Å²) in [6.07, 6.45) is 10.2. The third kappa shape index (κ3) is 2.28. The lowest BCUT2D eigenvalue weighted by molar-refractivity contribution is 0.0919. The van der Waals surface area contributed by atoms with Crippen LogP contribution in [-0.4, -0.2) is 28.5 Å². The molecule has 1 aromatic heterocycles. The van der Waals surface area contributed by atoms with Crippen molar-refractivity contribution in [3.05, 3.63) is 29.8 Å². The standard InChI is InChI=1S/C15H22FN3/c16-13-9-12(10-18-11-13)14(17)15(5-1-2-6-15)19-7-3-4-8-19/h9-11,14H,1-8,17H2. The molecule has 0 aromatic carbocycles. The number of rotatable bonds is 3. The van der Waals surface area contributed by atoms with Crippen LogP contribution in [-0.2, 0) is 0 Å². The molecule has 3 rings (SSSR count). The van der Waals surface area contributed by atoms with Crippen molar-refractivity contribution in [2.45, 2.75) is 50.1 Å². The number of pyridine rings is 1. The Labute approximate surface area is 114 Å². The minimum Gasteiger partial charge on any atom is -0.322 e. The second-order valence-electron chi connectivity index (χ2n) is 5.92. The molecule has 1 aromatic rings. The van der Waals surface area contributed by atoms with Gasteiger partial charge in [-0.1, -0.05) is 12.8 Å². The zero-order chi connectivity index (χ0) is 13.3. The number of likely N-dealkylation sites (tertiary alicyclic amines) is 1. The summed E-state index contributed by atoms with van der Waals surface area (Å²) >= 11 is 0. The van der Waals surface area contributed by atoms with E-state index in [1.54, 1.807) is 12.3 Å². The van der Waals surface area contributed by atoms with Crippen LogP contribution in [0.1, 0.15) is 50.1 Å². The summed E-state index contributed by atoms with van der Waals surface area (Å²) in [6.45, 7) is 2.27. The van der Waals surface area contributed by atoms with Crippen molar-refractivity contribution in [2.24, 2.45) is 5.73 Å². The van der Waals surface area contributed by atoms with Crippen LogP contribution in [0, 0.1) is 5.82 Å². The number of nitrogens with zero attached hydrogens (tertiary/aromatic N) is 2. The maximum absolute atomic E-state index is 13.4. The van der Waals surface area contributed by atoms with E-state index in [-0.39, 0.29) is 17.4 Å². The Hall–Kier alpha value is -1.00. The van der Waals surface area contributed by atoms with Crippen LogP contribution in [0.2, 0.25) is 0 Å². The molecular weight excluding hydrogens is 241 g/mol. The molecule has 3 nitrogen and oxygen atoms in total. The van der Waals surface area contributed by atoms with Crippen molar-refractivity contribution in [3.8, 4) is 0 Å². The summed E-state index contributed by atoms with van der Waals surface area (Å²) in [5, 5.41) is 0. The van der Waals surface area contributed by atoms with E-state index in [1.807, 2.05) is 0 Å². The molecule has 1 aliphatic carbocycles. The lowest BCUT2D eigenvalue weighted by atomic mass is 9.83. The SMILES string of the molecule is NC(c1cncc(F)c1)C1(N2CCCC2)CCCC1. The van der Waals surface area contributed by atoms with E-state index in [9.17, 15) is 4.39 Å². The van der Waals surface area contributed by atoms with E-state index in [0.717, 1.165) is 31.5 Å². The zero-order valence-electron chi connectivity index (χ0n) is 11.3. The van der Waals surface area contributed by atoms with Gasteiger partial charge in [0, 0.05) is 17.8 Å². The molecule has 1 unspecified atom stereocenters. The first-order valence-corrected chi connectivity index (χ1v) is 7.33. The van der Waals surface area contributed by atoms with Crippen molar-refractivity contribution >= 4 is 0 Å². The Morgan fingerprint density at radius 1 is 1.16 bits per heavy atom. The second-order valence-corrected chi connectivity index (χ2v) is 5.92. The van der Waals surface area contributed by atoms with Gasteiger partial charge in [-0.05, 0) is 50.4 Å². The molecule has 1 saturated heterocycles. The Morgan fingerprint density at radius 3 is 2.47 bits per heavy atom. The molecule has 2 N–H and O–H groups in total. The lowest BCUT2D eigenvalue weighted by Gasteiger charge is -2.43. The highest BCUT2D eigenvalue weighted by atomic mass is 19.1. The zero-order valence-corrected chi connectivity index (χ0v) is 11.3. The Kier molecular flexibility index (Phi) is 3.54. The molecule has 0 bridgehead atoms. The average Bonchev–Trinajstić information content (AvgIpc) is 3.09. The Bertz CT molecular complexity index is 437. The normalized spacial score (nSPS) is 24.7. The number of nitrogens with two attached hydrogens (primary N) is 1. The van der Waals surface area contributed by atoms with Crippen LogP contribution < -0.4 is 5.73 Å². The van der Waals surface area contributed by atoms with E-state index < -0.39 is 0 Å². The molecule has 1 aliphatic heterocycles. The fourth-order valence-corrected chi connectivity index (χ4v) is 3.88. The Balaban J connectivity index is 1.91.